The molecule has 8 aromatic rings. The largest absolute Gasteiger partial charge is 0.135 e. The van der Waals surface area contributed by atoms with E-state index in [1.54, 1.807) is 0 Å². The van der Waals surface area contributed by atoms with Crippen LogP contribution in [0.5, 0.6) is 0 Å². The zero-order chi connectivity index (χ0) is 30.8. The van der Waals surface area contributed by atoms with E-state index in [9.17, 15) is 0 Å². The van der Waals surface area contributed by atoms with Crippen molar-refractivity contribution in [3.63, 3.8) is 0 Å². The molecule has 0 spiro atoms. The fraction of sp³-hybridized carbons (Fsp3) is 0.182. The summed E-state index contributed by atoms with van der Waals surface area (Å²) in [4.78, 5) is 0. The smallest absolute Gasteiger partial charge is 0.0396 e. The van der Waals surface area contributed by atoms with Crippen molar-refractivity contribution in [2.45, 2.75) is 51.4 Å². The highest BCUT2D eigenvalue weighted by atomic mass is 32.1. The van der Waals surface area contributed by atoms with E-state index in [1.807, 2.05) is 11.3 Å². The molecule has 1 heteroatoms. The van der Waals surface area contributed by atoms with E-state index in [0.29, 0.717) is 0 Å². The molecule has 220 valence electrons. The van der Waals surface area contributed by atoms with E-state index in [4.69, 9.17) is 0 Å². The van der Waals surface area contributed by atoms with E-state index in [1.165, 1.54) is 74.7 Å². The van der Waals surface area contributed by atoms with Crippen LogP contribution in [0, 0.1) is 0 Å². The van der Waals surface area contributed by atoms with Gasteiger partial charge in [-0.05, 0) is 79.5 Å². The first-order chi connectivity index (χ1) is 22.0. The Kier molecular flexibility index (Phi) is 6.59. The Morgan fingerprint density at radius 3 is 1.49 bits per heavy atom. The van der Waals surface area contributed by atoms with Gasteiger partial charge in [-0.25, -0.2) is 0 Å². The van der Waals surface area contributed by atoms with Crippen molar-refractivity contribution < 1.29 is 0 Å². The second-order valence-corrected chi connectivity index (χ2v) is 14.1. The first-order valence-corrected chi connectivity index (χ1v) is 17.1. The van der Waals surface area contributed by atoms with Crippen LogP contribution < -0.4 is 0 Å². The molecule has 2 atom stereocenters. The summed E-state index contributed by atoms with van der Waals surface area (Å²) in [6.07, 6.45) is 2.06. The van der Waals surface area contributed by atoms with Gasteiger partial charge in [-0.15, -0.1) is 11.3 Å². The summed E-state index contributed by atoms with van der Waals surface area (Å²) in [5.41, 5.74) is 5.38. The van der Waals surface area contributed by atoms with Gasteiger partial charge in [0.25, 0.3) is 0 Å². The van der Waals surface area contributed by atoms with Crippen LogP contribution in [-0.2, 0) is 10.8 Å². The molecular weight excluding hydrogens is 561 g/mol. The molecule has 0 saturated carbocycles. The highest BCUT2D eigenvalue weighted by Crippen LogP contribution is 2.46. The quantitative estimate of drug-likeness (QED) is 0.167. The molecule has 0 N–H and O–H groups in total. The van der Waals surface area contributed by atoms with Crippen molar-refractivity contribution in [2.75, 3.05) is 0 Å². The zero-order valence-corrected chi connectivity index (χ0v) is 27.3. The number of benzene rings is 7. The SMILES string of the molecule is CCC(C)(c1ccc(C(C)(CC)c2cccc3c2sc2ccccc23)cc1)c1ccc2c3ccccc3c3ccccc3c2c1. The standard InChI is InChI=1S/C44H38S/c1-5-43(3,31-26-27-36-34-16-8-7-14-32(34)33-15-9-10-17-35(33)39(36)28-31)29-22-24-30(25-23-29)44(4,6-2)40-20-13-19-38-37-18-11-12-21-41(37)45-42(38)40/h7-28H,5-6H2,1-4H3. The summed E-state index contributed by atoms with van der Waals surface area (Å²) < 4.78 is 2.78. The van der Waals surface area contributed by atoms with E-state index in [2.05, 4.69) is 161 Å². The van der Waals surface area contributed by atoms with E-state index in [-0.39, 0.29) is 10.8 Å². The van der Waals surface area contributed by atoms with E-state index < -0.39 is 0 Å². The van der Waals surface area contributed by atoms with Gasteiger partial charge < -0.3 is 0 Å². The van der Waals surface area contributed by atoms with Crippen LogP contribution in [0.2, 0.25) is 0 Å². The first-order valence-electron chi connectivity index (χ1n) is 16.3. The fourth-order valence-electron chi connectivity index (χ4n) is 7.76. The average Bonchev–Trinajstić information content (AvgIpc) is 3.50. The zero-order valence-electron chi connectivity index (χ0n) is 26.5. The van der Waals surface area contributed by atoms with Crippen molar-refractivity contribution in [3.05, 3.63) is 156 Å². The van der Waals surface area contributed by atoms with Crippen LogP contribution in [0.3, 0.4) is 0 Å². The van der Waals surface area contributed by atoms with E-state index >= 15 is 0 Å². The minimum Gasteiger partial charge on any atom is -0.135 e. The Morgan fingerprint density at radius 1 is 0.422 bits per heavy atom. The third kappa shape index (κ3) is 4.17. The molecule has 8 rings (SSSR count). The lowest BCUT2D eigenvalue weighted by atomic mass is 9.70. The van der Waals surface area contributed by atoms with Crippen molar-refractivity contribution in [3.8, 4) is 0 Å². The van der Waals surface area contributed by atoms with Gasteiger partial charge in [0.2, 0.25) is 0 Å². The molecular formula is C44H38S. The third-order valence-corrected chi connectivity index (χ3v) is 12.2. The van der Waals surface area contributed by atoms with Gasteiger partial charge in [0.15, 0.2) is 0 Å². The summed E-state index contributed by atoms with van der Waals surface area (Å²) in [5, 5.41) is 10.7. The van der Waals surface area contributed by atoms with Gasteiger partial charge in [-0.1, -0.05) is 149 Å². The second-order valence-electron chi connectivity index (χ2n) is 13.1. The van der Waals surface area contributed by atoms with Crippen molar-refractivity contribution in [1.82, 2.24) is 0 Å². The first kappa shape index (κ1) is 28.0. The van der Waals surface area contributed by atoms with Gasteiger partial charge in [0.1, 0.15) is 0 Å². The summed E-state index contributed by atoms with van der Waals surface area (Å²) >= 11 is 1.94. The maximum Gasteiger partial charge on any atom is 0.0396 e. The minimum absolute atomic E-state index is 0.0789. The monoisotopic (exact) mass is 598 g/mol. The molecule has 0 fully saturated rings. The van der Waals surface area contributed by atoms with Crippen LogP contribution >= 0.6 is 11.3 Å². The predicted octanol–water partition coefficient (Wildman–Crippen LogP) is 12.9. The maximum atomic E-state index is 2.47. The predicted molar refractivity (Wildman–Crippen MR) is 198 cm³/mol. The number of hydrogen-bond acceptors (Lipinski definition) is 1. The van der Waals surface area contributed by atoms with Crippen LogP contribution in [0.15, 0.2) is 133 Å². The average molecular weight is 599 g/mol. The lowest BCUT2D eigenvalue weighted by molar-refractivity contribution is 0.541. The Morgan fingerprint density at radius 2 is 0.889 bits per heavy atom. The van der Waals surface area contributed by atoms with Crippen LogP contribution in [0.4, 0.5) is 0 Å². The van der Waals surface area contributed by atoms with Crippen molar-refractivity contribution >= 4 is 63.8 Å². The fourth-order valence-corrected chi connectivity index (χ4v) is 9.11. The maximum absolute atomic E-state index is 2.47. The summed E-state index contributed by atoms with van der Waals surface area (Å²) in [6, 6.07) is 50.3. The molecule has 0 radical (unpaired) electrons. The third-order valence-electron chi connectivity index (χ3n) is 11.0. The summed E-state index contributed by atoms with van der Waals surface area (Å²) in [6.45, 7) is 9.51. The molecule has 7 aromatic carbocycles. The molecule has 0 aliphatic heterocycles. The van der Waals surface area contributed by atoms with Crippen molar-refractivity contribution in [1.29, 1.82) is 0 Å². The number of hydrogen-bond donors (Lipinski definition) is 0. The lowest BCUT2D eigenvalue weighted by Gasteiger charge is -2.33. The minimum atomic E-state index is -0.104. The Bertz CT molecular complexity index is 2340. The number of rotatable bonds is 6. The molecule has 0 aliphatic carbocycles. The van der Waals surface area contributed by atoms with Gasteiger partial charge >= 0.3 is 0 Å². The number of thiophene rings is 1. The van der Waals surface area contributed by atoms with Crippen molar-refractivity contribution in [2.24, 2.45) is 0 Å². The second kappa shape index (κ2) is 10.6. The lowest BCUT2D eigenvalue weighted by Crippen LogP contribution is -2.25. The Balaban J connectivity index is 1.24. The Hall–Kier alpha value is -4.46. The van der Waals surface area contributed by atoms with Crippen LogP contribution in [0.1, 0.15) is 62.8 Å². The molecule has 0 bridgehead atoms. The molecule has 45 heavy (non-hydrogen) atoms. The molecule has 2 unspecified atom stereocenters. The highest BCUT2D eigenvalue weighted by molar-refractivity contribution is 7.26. The summed E-state index contributed by atoms with van der Waals surface area (Å²) in [5.74, 6) is 0. The van der Waals surface area contributed by atoms with Crippen LogP contribution in [-0.4, -0.2) is 0 Å². The molecule has 1 aromatic heterocycles. The molecule has 0 nitrogen and oxygen atoms in total. The van der Waals surface area contributed by atoms with E-state index in [0.717, 1.165) is 12.8 Å². The molecule has 1 heterocycles. The van der Waals surface area contributed by atoms with Crippen LogP contribution in [0.25, 0.3) is 52.5 Å². The normalized spacial score (nSPS) is 14.8. The van der Waals surface area contributed by atoms with Gasteiger partial charge in [-0.3, -0.25) is 0 Å². The highest BCUT2D eigenvalue weighted by Gasteiger charge is 2.32. The number of fused-ring (bicyclic) bond motifs is 9. The van der Waals surface area contributed by atoms with Gasteiger partial charge in [0, 0.05) is 31.0 Å². The molecule has 0 aliphatic rings. The topological polar surface area (TPSA) is 0 Å². The molecule has 0 amide bonds. The molecule has 0 saturated heterocycles. The van der Waals surface area contributed by atoms with Gasteiger partial charge in [-0.2, -0.15) is 0 Å². The van der Waals surface area contributed by atoms with Gasteiger partial charge in [0.05, 0.1) is 0 Å². The summed E-state index contributed by atoms with van der Waals surface area (Å²) in [7, 11) is 0. The Labute approximate surface area is 270 Å².